The van der Waals surface area contributed by atoms with E-state index in [1.54, 1.807) is 0 Å². The fourth-order valence-corrected chi connectivity index (χ4v) is 2.35. The summed E-state index contributed by atoms with van der Waals surface area (Å²) >= 11 is 3.56. The van der Waals surface area contributed by atoms with Gasteiger partial charge in [0.25, 0.3) is 0 Å². The fraction of sp³-hybridized carbons (Fsp3) is 0.538. The van der Waals surface area contributed by atoms with E-state index in [4.69, 9.17) is 0 Å². The van der Waals surface area contributed by atoms with Crippen molar-refractivity contribution in [1.82, 2.24) is 4.90 Å². The fourth-order valence-electron chi connectivity index (χ4n) is 1.69. The van der Waals surface area contributed by atoms with Gasteiger partial charge in [-0.3, -0.25) is 0 Å². The maximum atomic E-state index is 3.56. The molecule has 1 rings (SSSR count). The average molecular weight is 270 g/mol. The van der Waals surface area contributed by atoms with Gasteiger partial charge in [0.1, 0.15) is 0 Å². The molecular weight excluding hydrogens is 250 g/mol. The van der Waals surface area contributed by atoms with Crippen LogP contribution in [0.4, 0.5) is 0 Å². The second-order valence-corrected chi connectivity index (χ2v) is 4.76. The predicted molar refractivity (Wildman–Crippen MR) is 70.4 cm³/mol. The minimum Gasteiger partial charge on any atom is -0.302 e. The number of halogens is 1. The quantitative estimate of drug-likeness (QED) is 0.715. The van der Waals surface area contributed by atoms with Crippen LogP contribution in [0.1, 0.15) is 18.9 Å². The van der Waals surface area contributed by atoms with Crippen molar-refractivity contribution in [1.29, 1.82) is 0 Å². The summed E-state index contributed by atoms with van der Waals surface area (Å²) in [6, 6.07) is 10.6. The predicted octanol–water partition coefficient (Wildman–Crippen LogP) is 3.54. The van der Waals surface area contributed by atoms with Crippen molar-refractivity contribution in [3.05, 3.63) is 35.9 Å². The topological polar surface area (TPSA) is 3.24 Å². The van der Waals surface area contributed by atoms with Crippen LogP contribution in [0.25, 0.3) is 0 Å². The highest BCUT2D eigenvalue weighted by Crippen LogP contribution is 2.10. The summed E-state index contributed by atoms with van der Waals surface area (Å²) in [5.74, 6) is 0.763. The molecule has 1 aromatic rings. The van der Waals surface area contributed by atoms with Crippen LogP contribution in [-0.2, 0) is 6.54 Å². The van der Waals surface area contributed by atoms with Crippen LogP contribution in [0, 0.1) is 5.92 Å². The first-order chi connectivity index (χ1) is 7.26. The van der Waals surface area contributed by atoms with Gasteiger partial charge in [0.05, 0.1) is 0 Å². The highest BCUT2D eigenvalue weighted by Gasteiger charge is 2.08. The van der Waals surface area contributed by atoms with Crippen LogP contribution in [0.2, 0.25) is 0 Å². The molecule has 0 saturated carbocycles. The summed E-state index contributed by atoms with van der Waals surface area (Å²) in [7, 11) is 2.19. The Hall–Kier alpha value is -0.340. The van der Waals surface area contributed by atoms with E-state index in [9.17, 15) is 0 Å². The largest absolute Gasteiger partial charge is 0.302 e. The van der Waals surface area contributed by atoms with E-state index in [-0.39, 0.29) is 0 Å². The molecular formula is C13H20BrN. The lowest BCUT2D eigenvalue weighted by Gasteiger charge is -2.21. The average Bonchev–Trinajstić information content (AvgIpc) is 2.27. The summed E-state index contributed by atoms with van der Waals surface area (Å²) in [5, 5.41) is 1.10. The molecule has 2 heteroatoms. The number of rotatable bonds is 6. The van der Waals surface area contributed by atoms with Crippen LogP contribution in [0.5, 0.6) is 0 Å². The molecule has 0 bridgehead atoms. The Morgan fingerprint density at radius 3 is 2.47 bits per heavy atom. The van der Waals surface area contributed by atoms with Crippen molar-refractivity contribution in [2.75, 3.05) is 18.9 Å². The highest BCUT2D eigenvalue weighted by molar-refractivity contribution is 9.09. The van der Waals surface area contributed by atoms with Gasteiger partial charge in [-0.25, -0.2) is 0 Å². The summed E-state index contributed by atoms with van der Waals surface area (Å²) < 4.78 is 0. The van der Waals surface area contributed by atoms with Gasteiger partial charge in [-0.2, -0.15) is 0 Å². The third-order valence-corrected chi connectivity index (χ3v) is 3.58. The summed E-state index contributed by atoms with van der Waals surface area (Å²) in [6.07, 6.45) is 1.24. The lowest BCUT2D eigenvalue weighted by atomic mass is 10.1. The number of hydrogen-bond acceptors (Lipinski definition) is 1. The molecule has 0 amide bonds. The van der Waals surface area contributed by atoms with E-state index in [1.165, 1.54) is 12.0 Å². The first-order valence-electron chi connectivity index (χ1n) is 5.54. The van der Waals surface area contributed by atoms with Gasteiger partial charge in [-0.05, 0) is 18.5 Å². The molecule has 0 radical (unpaired) electrons. The standard InChI is InChI=1S/C13H20BrN/c1-3-12(9-14)10-15(2)11-13-7-5-4-6-8-13/h4-8,12H,3,9-11H2,1-2H3. The van der Waals surface area contributed by atoms with Gasteiger partial charge in [0.2, 0.25) is 0 Å². The van der Waals surface area contributed by atoms with E-state index >= 15 is 0 Å². The molecule has 84 valence electrons. The molecule has 1 atom stereocenters. The maximum absolute atomic E-state index is 3.56. The molecule has 0 aliphatic rings. The third-order valence-electron chi connectivity index (χ3n) is 2.66. The first-order valence-corrected chi connectivity index (χ1v) is 6.66. The zero-order valence-electron chi connectivity index (χ0n) is 9.62. The molecule has 0 aliphatic carbocycles. The van der Waals surface area contributed by atoms with E-state index < -0.39 is 0 Å². The molecule has 0 saturated heterocycles. The van der Waals surface area contributed by atoms with Crippen molar-refractivity contribution in [2.24, 2.45) is 5.92 Å². The maximum Gasteiger partial charge on any atom is 0.0230 e. The van der Waals surface area contributed by atoms with Crippen LogP contribution in [-0.4, -0.2) is 23.8 Å². The van der Waals surface area contributed by atoms with Crippen molar-refractivity contribution in [2.45, 2.75) is 19.9 Å². The van der Waals surface area contributed by atoms with Crippen LogP contribution >= 0.6 is 15.9 Å². The van der Waals surface area contributed by atoms with Gasteiger partial charge < -0.3 is 4.90 Å². The molecule has 0 N–H and O–H groups in total. The smallest absolute Gasteiger partial charge is 0.0230 e. The minimum absolute atomic E-state index is 0.763. The molecule has 1 aromatic carbocycles. The molecule has 0 fully saturated rings. The van der Waals surface area contributed by atoms with Gasteiger partial charge in [-0.15, -0.1) is 0 Å². The van der Waals surface area contributed by atoms with Crippen molar-refractivity contribution >= 4 is 15.9 Å². The SMILES string of the molecule is CCC(CBr)CN(C)Cc1ccccc1. The van der Waals surface area contributed by atoms with Crippen LogP contribution in [0.15, 0.2) is 30.3 Å². The molecule has 0 aliphatic heterocycles. The summed E-state index contributed by atoms with van der Waals surface area (Å²) in [4.78, 5) is 2.39. The Morgan fingerprint density at radius 1 is 1.27 bits per heavy atom. The highest BCUT2D eigenvalue weighted by atomic mass is 79.9. The summed E-state index contributed by atoms with van der Waals surface area (Å²) in [6.45, 7) is 4.46. The molecule has 0 aromatic heterocycles. The lowest BCUT2D eigenvalue weighted by Crippen LogP contribution is -2.25. The third kappa shape index (κ3) is 4.80. The Balaban J connectivity index is 2.39. The Kier molecular flexibility index (Phi) is 5.96. The molecule has 1 nitrogen and oxygen atoms in total. The van der Waals surface area contributed by atoms with Crippen molar-refractivity contribution in [3.63, 3.8) is 0 Å². The number of benzene rings is 1. The van der Waals surface area contributed by atoms with Crippen molar-refractivity contribution in [3.8, 4) is 0 Å². The van der Waals surface area contributed by atoms with Gasteiger partial charge >= 0.3 is 0 Å². The minimum atomic E-state index is 0.763. The summed E-state index contributed by atoms with van der Waals surface area (Å²) in [5.41, 5.74) is 1.39. The van der Waals surface area contributed by atoms with E-state index in [0.717, 1.165) is 24.3 Å². The zero-order chi connectivity index (χ0) is 11.1. The lowest BCUT2D eigenvalue weighted by molar-refractivity contribution is 0.278. The molecule has 0 heterocycles. The monoisotopic (exact) mass is 269 g/mol. The first kappa shape index (κ1) is 12.7. The van der Waals surface area contributed by atoms with Gasteiger partial charge in [0.15, 0.2) is 0 Å². The Labute approximate surface area is 102 Å². The molecule has 0 spiro atoms. The second-order valence-electron chi connectivity index (χ2n) is 4.11. The molecule has 15 heavy (non-hydrogen) atoms. The number of nitrogens with zero attached hydrogens (tertiary/aromatic N) is 1. The zero-order valence-corrected chi connectivity index (χ0v) is 11.2. The van der Waals surface area contributed by atoms with Gasteiger partial charge in [0, 0.05) is 18.4 Å². The number of alkyl halides is 1. The van der Waals surface area contributed by atoms with E-state index in [0.29, 0.717) is 0 Å². The Morgan fingerprint density at radius 2 is 1.93 bits per heavy atom. The van der Waals surface area contributed by atoms with Gasteiger partial charge in [-0.1, -0.05) is 59.6 Å². The van der Waals surface area contributed by atoms with E-state index in [2.05, 4.69) is 65.1 Å². The van der Waals surface area contributed by atoms with E-state index in [1.807, 2.05) is 0 Å². The Bertz CT molecular complexity index is 256. The van der Waals surface area contributed by atoms with Crippen LogP contribution in [0.3, 0.4) is 0 Å². The van der Waals surface area contributed by atoms with Crippen molar-refractivity contribution < 1.29 is 0 Å². The normalized spacial score (nSPS) is 13.1. The number of hydrogen-bond donors (Lipinski definition) is 0. The molecule has 1 unspecified atom stereocenters. The second kappa shape index (κ2) is 7.02. The van der Waals surface area contributed by atoms with Crippen LogP contribution < -0.4 is 0 Å².